The molecule has 0 spiro atoms. The number of hydrogen-bond donors (Lipinski definition) is 1. The van der Waals surface area contributed by atoms with Crippen LogP contribution in [0.15, 0.2) is 30.3 Å². The minimum atomic E-state index is -0.910. The first-order chi connectivity index (χ1) is 12.2. The molecular formula is C18H17ClF2N2O3. The normalized spacial score (nSPS) is 10.4. The number of aryl methyl sites for hydroxylation is 1. The van der Waals surface area contributed by atoms with Crippen LogP contribution < -0.4 is 15.0 Å². The monoisotopic (exact) mass is 382 g/mol. The van der Waals surface area contributed by atoms with Crippen molar-refractivity contribution >= 4 is 34.8 Å². The van der Waals surface area contributed by atoms with Gasteiger partial charge >= 0.3 is 0 Å². The average Bonchev–Trinajstić information content (AvgIpc) is 2.58. The maximum atomic E-state index is 13.7. The van der Waals surface area contributed by atoms with Crippen molar-refractivity contribution in [2.24, 2.45) is 0 Å². The van der Waals surface area contributed by atoms with Crippen molar-refractivity contribution in [2.45, 2.75) is 13.8 Å². The van der Waals surface area contributed by atoms with Gasteiger partial charge in [-0.15, -0.1) is 0 Å². The Morgan fingerprint density at radius 1 is 1.23 bits per heavy atom. The number of amides is 2. The smallest absolute Gasteiger partial charge is 0.244 e. The number of para-hydroxylation sites is 1. The number of rotatable bonds is 5. The van der Waals surface area contributed by atoms with Crippen LogP contribution in [0.5, 0.6) is 5.75 Å². The van der Waals surface area contributed by atoms with E-state index < -0.39 is 35.7 Å². The van der Waals surface area contributed by atoms with E-state index >= 15 is 0 Å². The Balaban J connectivity index is 2.31. The fraction of sp³-hybridized carbons (Fsp3) is 0.222. The molecule has 0 aliphatic rings. The van der Waals surface area contributed by atoms with Crippen LogP contribution in [-0.2, 0) is 9.59 Å². The molecular weight excluding hydrogens is 366 g/mol. The molecule has 0 radical (unpaired) electrons. The van der Waals surface area contributed by atoms with Gasteiger partial charge in [0, 0.05) is 18.0 Å². The average molecular weight is 383 g/mol. The van der Waals surface area contributed by atoms with Gasteiger partial charge < -0.3 is 10.1 Å². The molecule has 2 amide bonds. The SMILES string of the molecule is COc1cc(Cl)c(C)cc1N(CC(=O)Nc1c(F)cccc1F)C(C)=O. The molecule has 0 saturated carbocycles. The van der Waals surface area contributed by atoms with Crippen molar-refractivity contribution < 1.29 is 23.1 Å². The number of benzene rings is 2. The van der Waals surface area contributed by atoms with E-state index in [1.165, 1.54) is 26.2 Å². The molecule has 2 aromatic carbocycles. The molecule has 0 saturated heterocycles. The summed E-state index contributed by atoms with van der Waals surface area (Å²) in [6.45, 7) is 2.54. The molecule has 0 bridgehead atoms. The minimum absolute atomic E-state index is 0.292. The van der Waals surface area contributed by atoms with Crippen LogP contribution >= 0.6 is 11.6 Å². The highest BCUT2D eigenvalue weighted by atomic mass is 35.5. The van der Waals surface area contributed by atoms with E-state index in [-0.39, 0.29) is 0 Å². The standard InChI is InChI=1S/C18H17ClF2N2O3/c1-10-7-15(16(26-3)8-12(10)19)23(11(2)24)9-17(25)22-18-13(20)5-4-6-14(18)21/h4-8H,9H2,1-3H3,(H,22,25). The van der Waals surface area contributed by atoms with Crippen LogP contribution in [0.3, 0.4) is 0 Å². The number of carbonyl (C=O) groups is 2. The molecule has 2 aromatic rings. The van der Waals surface area contributed by atoms with E-state index in [0.29, 0.717) is 22.0 Å². The quantitative estimate of drug-likeness (QED) is 0.852. The number of anilines is 2. The molecule has 5 nitrogen and oxygen atoms in total. The van der Waals surface area contributed by atoms with Gasteiger partial charge in [-0.05, 0) is 30.7 Å². The first-order valence-electron chi connectivity index (χ1n) is 7.60. The summed E-state index contributed by atoms with van der Waals surface area (Å²) in [6, 6.07) is 6.35. The van der Waals surface area contributed by atoms with Gasteiger partial charge in [0.05, 0.1) is 12.8 Å². The van der Waals surface area contributed by atoms with Crippen molar-refractivity contribution in [1.82, 2.24) is 0 Å². The van der Waals surface area contributed by atoms with E-state index in [2.05, 4.69) is 5.32 Å². The molecule has 138 valence electrons. The van der Waals surface area contributed by atoms with Gasteiger partial charge in [0.25, 0.3) is 0 Å². The van der Waals surface area contributed by atoms with Crippen molar-refractivity contribution in [1.29, 1.82) is 0 Å². The van der Waals surface area contributed by atoms with E-state index in [0.717, 1.165) is 17.0 Å². The lowest BCUT2D eigenvalue weighted by Gasteiger charge is -2.23. The lowest BCUT2D eigenvalue weighted by Crippen LogP contribution is -2.37. The summed E-state index contributed by atoms with van der Waals surface area (Å²) in [6.07, 6.45) is 0. The molecule has 8 heteroatoms. The van der Waals surface area contributed by atoms with Crippen LogP contribution in [-0.4, -0.2) is 25.5 Å². The van der Waals surface area contributed by atoms with Gasteiger partial charge in [0.2, 0.25) is 11.8 Å². The summed E-state index contributed by atoms with van der Waals surface area (Å²) in [5.41, 5.74) is 0.431. The molecule has 0 aliphatic carbocycles. The summed E-state index contributed by atoms with van der Waals surface area (Å²) in [7, 11) is 1.40. The van der Waals surface area contributed by atoms with E-state index in [9.17, 15) is 18.4 Å². The zero-order valence-electron chi connectivity index (χ0n) is 14.4. The lowest BCUT2D eigenvalue weighted by molar-refractivity contribution is -0.120. The maximum Gasteiger partial charge on any atom is 0.244 e. The third-order valence-corrected chi connectivity index (χ3v) is 4.07. The van der Waals surface area contributed by atoms with E-state index in [1.54, 1.807) is 13.0 Å². The molecule has 0 heterocycles. The summed E-state index contributed by atoms with van der Waals surface area (Å²) in [4.78, 5) is 25.4. The third-order valence-electron chi connectivity index (χ3n) is 3.66. The Kier molecular flexibility index (Phi) is 6.15. The molecule has 2 rings (SSSR count). The molecule has 0 aliphatic heterocycles. The Labute approximate surface area is 154 Å². The zero-order chi connectivity index (χ0) is 19.4. The topological polar surface area (TPSA) is 58.6 Å². The van der Waals surface area contributed by atoms with Crippen LogP contribution in [0, 0.1) is 18.6 Å². The molecule has 0 aromatic heterocycles. The molecule has 0 unspecified atom stereocenters. The van der Waals surface area contributed by atoms with E-state index in [1.807, 2.05) is 0 Å². The minimum Gasteiger partial charge on any atom is -0.495 e. The number of nitrogens with one attached hydrogen (secondary N) is 1. The first-order valence-corrected chi connectivity index (χ1v) is 7.98. The third kappa shape index (κ3) is 4.29. The number of halogens is 3. The van der Waals surface area contributed by atoms with Crippen molar-refractivity contribution in [3.63, 3.8) is 0 Å². The summed E-state index contributed by atoms with van der Waals surface area (Å²) >= 11 is 6.05. The highest BCUT2D eigenvalue weighted by Gasteiger charge is 2.22. The van der Waals surface area contributed by atoms with Gasteiger partial charge in [-0.1, -0.05) is 17.7 Å². The number of hydrogen-bond acceptors (Lipinski definition) is 3. The summed E-state index contributed by atoms with van der Waals surface area (Å²) < 4.78 is 32.6. The van der Waals surface area contributed by atoms with Gasteiger partial charge in [-0.3, -0.25) is 14.5 Å². The Morgan fingerprint density at radius 3 is 2.38 bits per heavy atom. The van der Waals surface area contributed by atoms with Gasteiger partial charge in [-0.2, -0.15) is 0 Å². The second-order valence-electron chi connectivity index (χ2n) is 5.52. The highest BCUT2D eigenvalue weighted by molar-refractivity contribution is 6.31. The predicted molar refractivity (Wildman–Crippen MR) is 95.8 cm³/mol. The number of nitrogens with zero attached hydrogens (tertiary/aromatic N) is 1. The Bertz CT molecular complexity index is 838. The van der Waals surface area contributed by atoms with Gasteiger partial charge in [-0.25, -0.2) is 8.78 Å². The molecule has 0 atom stereocenters. The maximum absolute atomic E-state index is 13.7. The number of ether oxygens (including phenoxy) is 1. The zero-order valence-corrected chi connectivity index (χ0v) is 15.2. The Hall–Kier alpha value is -2.67. The lowest BCUT2D eigenvalue weighted by atomic mass is 10.1. The van der Waals surface area contributed by atoms with E-state index in [4.69, 9.17) is 16.3 Å². The first kappa shape index (κ1) is 19.7. The van der Waals surface area contributed by atoms with Crippen molar-refractivity contribution in [2.75, 3.05) is 23.9 Å². The second-order valence-corrected chi connectivity index (χ2v) is 5.93. The molecule has 26 heavy (non-hydrogen) atoms. The van der Waals surface area contributed by atoms with Crippen LogP contribution in [0.2, 0.25) is 5.02 Å². The van der Waals surface area contributed by atoms with Crippen molar-refractivity contribution in [3.05, 3.63) is 52.6 Å². The largest absolute Gasteiger partial charge is 0.495 e. The van der Waals surface area contributed by atoms with Gasteiger partial charge in [0.1, 0.15) is 29.6 Å². The number of methoxy groups -OCH3 is 1. The summed E-state index contributed by atoms with van der Waals surface area (Å²) in [5.74, 6) is -2.74. The van der Waals surface area contributed by atoms with Crippen LogP contribution in [0.25, 0.3) is 0 Å². The second kappa shape index (κ2) is 8.14. The Morgan fingerprint density at radius 2 is 1.85 bits per heavy atom. The fourth-order valence-electron chi connectivity index (χ4n) is 2.33. The van der Waals surface area contributed by atoms with Crippen LogP contribution in [0.4, 0.5) is 20.2 Å². The fourth-order valence-corrected chi connectivity index (χ4v) is 2.48. The number of carbonyl (C=O) groups excluding carboxylic acids is 2. The highest BCUT2D eigenvalue weighted by Crippen LogP contribution is 2.34. The molecule has 1 N–H and O–H groups in total. The van der Waals surface area contributed by atoms with Crippen molar-refractivity contribution in [3.8, 4) is 5.75 Å². The summed E-state index contributed by atoms with van der Waals surface area (Å²) in [5, 5.41) is 2.58. The van der Waals surface area contributed by atoms with Gasteiger partial charge in [0.15, 0.2) is 0 Å². The predicted octanol–water partition coefficient (Wildman–Crippen LogP) is 3.93. The van der Waals surface area contributed by atoms with Crippen LogP contribution in [0.1, 0.15) is 12.5 Å². The molecule has 0 fully saturated rings.